The molecule has 6 rings (SSSR count). The summed E-state index contributed by atoms with van der Waals surface area (Å²) in [5, 5.41) is 6.18. The van der Waals surface area contributed by atoms with Crippen LogP contribution in [0.5, 0.6) is 17.4 Å². The highest BCUT2D eigenvalue weighted by molar-refractivity contribution is 5.94. The Bertz CT molecular complexity index is 1290. The number of hydrogen-bond acceptors (Lipinski definition) is 10. The van der Waals surface area contributed by atoms with E-state index in [1.54, 1.807) is 13.3 Å². The van der Waals surface area contributed by atoms with E-state index < -0.39 is 0 Å². The minimum Gasteiger partial charge on any atom is -0.491 e. The number of pyridine rings is 3. The quantitative estimate of drug-likeness (QED) is 0.500. The Kier molecular flexibility index (Phi) is 6.26. The van der Waals surface area contributed by atoms with Gasteiger partial charge in [0.15, 0.2) is 18.2 Å². The van der Waals surface area contributed by atoms with Gasteiger partial charge in [-0.1, -0.05) is 0 Å². The number of carbonyl (C=O) groups excluding carboxylic acids is 1. The van der Waals surface area contributed by atoms with Gasteiger partial charge in [0.05, 0.1) is 43.8 Å². The van der Waals surface area contributed by atoms with Crippen LogP contribution in [-0.2, 0) is 16.1 Å². The first kappa shape index (κ1) is 22.9. The Morgan fingerprint density at radius 1 is 1.19 bits per heavy atom. The molecule has 6 heterocycles. The topological polar surface area (TPSA) is 120 Å². The molecule has 188 valence electrons. The van der Waals surface area contributed by atoms with Gasteiger partial charge in [-0.15, -0.1) is 0 Å². The van der Waals surface area contributed by atoms with E-state index in [-0.39, 0.29) is 24.5 Å². The van der Waals surface area contributed by atoms with Crippen LogP contribution in [-0.4, -0.2) is 85.0 Å². The number of fused-ring (bicyclic) bond motifs is 4. The van der Waals surface area contributed by atoms with Gasteiger partial charge in [-0.3, -0.25) is 14.7 Å². The summed E-state index contributed by atoms with van der Waals surface area (Å²) in [7, 11) is 1.62. The van der Waals surface area contributed by atoms with E-state index in [1.807, 2.05) is 24.3 Å². The Balaban J connectivity index is 1.06. The predicted octanol–water partition coefficient (Wildman–Crippen LogP) is 1.33. The molecule has 3 aromatic heterocycles. The summed E-state index contributed by atoms with van der Waals surface area (Å²) in [6.45, 7) is 5.13. The summed E-state index contributed by atoms with van der Waals surface area (Å²) < 4.78 is 22.7. The molecule has 3 aliphatic rings. The van der Waals surface area contributed by atoms with Crippen LogP contribution in [0.3, 0.4) is 0 Å². The molecule has 0 radical (unpaired) electrons. The molecule has 0 aromatic carbocycles. The number of rotatable bonds is 7. The van der Waals surface area contributed by atoms with Crippen LogP contribution in [0.1, 0.15) is 17.2 Å². The van der Waals surface area contributed by atoms with Crippen LogP contribution in [0.2, 0.25) is 0 Å². The van der Waals surface area contributed by atoms with Crippen molar-refractivity contribution < 1.29 is 23.7 Å². The zero-order valence-corrected chi connectivity index (χ0v) is 20.0. The van der Waals surface area contributed by atoms with Gasteiger partial charge < -0.3 is 29.6 Å². The number of nitrogens with one attached hydrogen (secondary N) is 2. The zero-order valence-electron chi connectivity index (χ0n) is 20.0. The monoisotopic (exact) mass is 492 g/mol. The number of anilines is 1. The molecular formula is C25H28N6O5. The van der Waals surface area contributed by atoms with E-state index >= 15 is 0 Å². The van der Waals surface area contributed by atoms with E-state index in [9.17, 15) is 4.79 Å². The molecule has 0 saturated carbocycles. The number of hydrogen-bond donors (Lipinski definition) is 2. The van der Waals surface area contributed by atoms with Gasteiger partial charge in [0, 0.05) is 50.3 Å². The number of amides is 1. The van der Waals surface area contributed by atoms with Crippen molar-refractivity contribution in [1.82, 2.24) is 25.2 Å². The standard InChI is InChI=1S/C25H28N6O5/c1-33-22-5-3-18-24(30-22)23-15(13-35-20(23)10-27-18)11-31-6-7-34-17(12-31)9-26-8-16-2-4-19-25(28-16)29-21(32)14-36-19/h2-5,10,15,17,26H,6-9,11-14H2,1H3,(H,28,29,32)/t15?,17-/m0/s1. The average Bonchev–Trinajstić information content (AvgIpc) is 3.31. The lowest BCUT2D eigenvalue weighted by Crippen LogP contribution is -2.47. The molecule has 11 heteroatoms. The number of methoxy groups -OCH3 is 1. The van der Waals surface area contributed by atoms with Crippen LogP contribution >= 0.6 is 0 Å². The van der Waals surface area contributed by atoms with Crippen molar-refractivity contribution in [2.24, 2.45) is 0 Å². The fourth-order valence-electron chi connectivity index (χ4n) is 4.94. The van der Waals surface area contributed by atoms with Gasteiger partial charge in [0.1, 0.15) is 11.3 Å². The first-order chi connectivity index (χ1) is 17.7. The Labute approximate surface area is 208 Å². The first-order valence-corrected chi connectivity index (χ1v) is 12.1. The van der Waals surface area contributed by atoms with Crippen molar-refractivity contribution >= 4 is 22.8 Å². The maximum Gasteiger partial charge on any atom is 0.263 e. The van der Waals surface area contributed by atoms with E-state index in [1.165, 1.54) is 0 Å². The van der Waals surface area contributed by atoms with Gasteiger partial charge in [-0.2, -0.15) is 0 Å². The van der Waals surface area contributed by atoms with E-state index in [4.69, 9.17) is 18.9 Å². The fourth-order valence-corrected chi connectivity index (χ4v) is 4.94. The second-order valence-corrected chi connectivity index (χ2v) is 9.13. The smallest absolute Gasteiger partial charge is 0.263 e. The SMILES string of the molecule is COc1ccc2ncc3c(c2n1)C(CN1CCO[C@@H](CNCc2ccc4c(n2)NC(=O)CO4)C1)CO3. The van der Waals surface area contributed by atoms with Gasteiger partial charge in [0.25, 0.3) is 5.91 Å². The summed E-state index contributed by atoms with van der Waals surface area (Å²) in [4.78, 5) is 27.6. The van der Waals surface area contributed by atoms with E-state index in [2.05, 4.69) is 30.5 Å². The molecule has 3 aromatic rings. The molecule has 1 unspecified atom stereocenters. The predicted molar refractivity (Wildman–Crippen MR) is 131 cm³/mol. The summed E-state index contributed by atoms with van der Waals surface area (Å²) >= 11 is 0. The third-order valence-electron chi connectivity index (χ3n) is 6.66. The van der Waals surface area contributed by atoms with Gasteiger partial charge in [-0.05, 0) is 18.2 Å². The van der Waals surface area contributed by atoms with E-state index in [0.717, 1.165) is 47.7 Å². The normalized spacial score (nSPS) is 21.3. The molecule has 3 aliphatic heterocycles. The largest absolute Gasteiger partial charge is 0.491 e. The van der Waals surface area contributed by atoms with Crippen LogP contribution in [0.25, 0.3) is 11.0 Å². The maximum atomic E-state index is 11.5. The van der Waals surface area contributed by atoms with Crippen LogP contribution in [0.4, 0.5) is 5.82 Å². The highest BCUT2D eigenvalue weighted by Crippen LogP contribution is 2.38. The molecular weight excluding hydrogens is 464 g/mol. The third kappa shape index (κ3) is 4.64. The molecule has 2 atom stereocenters. The second kappa shape index (κ2) is 9.84. The molecule has 11 nitrogen and oxygen atoms in total. The molecule has 0 bridgehead atoms. The number of ether oxygens (including phenoxy) is 4. The molecule has 1 saturated heterocycles. The lowest BCUT2D eigenvalue weighted by molar-refractivity contribution is -0.118. The average molecular weight is 493 g/mol. The van der Waals surface area contributed by atoms with Gasteiger partial charge in [0.2, 0.25) is 5.88 Å². The second-order valence-electron chi connectivity index (χ2n) is 9.13. The van der Waals surface area contributed by atoms with E-state index in [0.29, 0.717) is 43.8 Å². The van der Waals surface area contributed by atoms with Crippen molar-refractivity contribution in [3.8, 4) is 17.4 Å². The molecule has 0 spiro atoms. The van der Waals surface area contributed by atoms with Crippen LogP contribution in [0.15, 0.2) is 30.5 Å². The van der Waals surface area contributed by atoms with Crippen LogP contribution < -0.4 is 24.8 Å². The number of aromatic nitrogens is 3. The first-order valence-electron chi connectivity index (χ1n) is 12.1. The van der Waals surface area contributed by atoms with Crippen LogP contribution in [0, 0.1) is 0 Å². The molecule has 36 heavy (non-hydrogen) atoms. The number of carbonyl (C=O) groups is 1. The van der Waals surface area contributed by atoms with Crippen molar-refractivity contribution in [2.75, 3.05) is 58.4 Å². The van der Waals surface area contributed by atoms with Gasteiger partial charge in [-0.25, -0.2) is 9.97 Å². The lowest BCUT2D eigenvalue weighted by Gasteiger charge is -2.34. The summed E-state index contributed by atoms with van der Waals surface area (Å²) in [5.74, 6) is 2.46. The van der Waals surface area contributed by atoms with Crippen molar-refractivity contribution in [3.05, 3.63) is 41.7 Å². The Morgan fingerprint density at radius 2 is 2.14 bits per heavy atom. The highest BCUT2D eigenvalue weighted by Gasteiger charge is 2.31. The lowest BCUT2D eigenvalue weighted by atomic mass is 9.99. The molecule has 1 fully saturated rings. The minimum absolute atomic E-state index is 0.0260. The van der Waals surface area contributed by atoms with Crippen molar-refractivity contribution in [3.63, 3.8) is 0 Å². The summed E-state index contributed by atoms with van der Waals surface area (Å²) in [6, 6.07) is 7.50. The highest BCUT2D eigenvalue weighted by atomic mass is 16.5. The maximum absolute atomic E-state index is 11.5. The molecule has 2 N–H and O–H groups in total. The van der Waals surface area contributed by atoms with Crippen molar-refractivity contribution in [1.29, 1.82) is 0 Å². The van der Waals surface area contributed by atoms with Crippen molar-refractivity contribution in [2.45, 2.75) is 18.6 Å². The molecule has 0 aliphatic carbocycles. The zero-order chi connectivity index (χ0) is 24.5. The van der Waals surface area contributed by atoms with Gasteiger partial charge >= 0.3 is 0 Å². The third-order valence-corrected chi connectivity index (χ3v) is 6.66. The minimum atomic E-state index is -0.190. The summed E-state index contributed by atoms with van der Waals surface area (Å²) in [6.07, 6.45) is 1.86. The number of morpholine rings is 1. The number of nitrogens with zero attached hydrogens (tertiary/aromatic N) is 4. The summed E-state index contributed by atoms with van der Waals surface area (Å²) in [5.41, 5.74) is 3.63. The Hall–Kier alpha value is -3.54. The molecule has 1 amide bonds. The fraction of sp³-hybridized carbons (Fsp3) is 0.440. The Morgan fingerprint density at radius 3 is 3.06 bits per heavy atom.